The molecule has 0 heterocycles. The second-order valence-electron chi connectivity index (χ2n) is 4.79. The first-order chi connectivity index (χ1) is 8.30. The smallest absolute Gasteiger partial charge is 0.150 e. The number of carbonyl (C=O) groups is 1. The quantitative estimate of drug-likeness (QED) is 0.471. The molecule has 0 spiro atoms. The van der Waals surface area contributed by atoms with Gasteiger partial charge in [0.1, 0.15) is 6.29 Å². The van der Waals surface area contributed by atoms with Crippen LogP contribution in [0.3, 0.4) is 0 Å². The zero-order valence-corrected chi connectivity index (χ0v) is 11.1. The van der Waals surface area contributed by atoms with Gasteiger partial charge in [0.15, 0.2) is 0 Å². The van der Waals surface area contributed by atoms with Gasteiger partial charge in [-0.05, 0) is 30.4 Å². The molecule has 0 saturated heterocycles. The second kappa shape index (κ2) is 8.05. The molecule has 1 aromatic rings. The maximum absolute atomic E-state index is 10.7. The minimum absolute atomic E-state index is 0.794. The fourth-order valence-electron chi connectivity index (χ4n) is 2.28. The van der Waals surface area contributed by atoms with Crippen LogP contribution in [-0.4, -0.2) is 6.29 Å². The van der Waals surface area contributed by atoms with Crippen molar-refractivity contribution in [3.63, 3.8) is 0 Å². The van der Waals surface area contributed by atoms with E-state index in [-0.39, 0.29) is 0 Å². The maximum Gasteiger partial charge on any atom is 0.150 e. The van der Waals surface area contributed by atoms with Crippen molar-refractivity contribution in [3.05, 3.63) is 35.4 Å². The number of aryl methyl sites for hydroxylation is 1. The van der Waals surface area contributed by atoms with Crippen LogP contribution in [0.2, 0.25) is 0 Å². The van der Waals surface area contributed by atoms with Crippen molar-refractivity contribution < 1.29 is 4.79 Å². The summed E-state index contributed by atoms with van der Waals surface area (Å²) in [5.74, 6) is 0.899. The summed E-state index contributed by atoms with van der Waals surface area (Å²) in [6.45, 7) is 4.56. The van der Waals surface area contributed by atoms with E-state index in [2.05, 4.69) is 19.9 Å². The van der Waals surface area contributed by atoms with Crippen LogP contribution >= 0.6 is 0 Å². The fraction of sp³-hybridized carbons (Fsp3) is 0.562. The minimum atomic E-state index is 0.794. The predicted octanol–water partition coefficient (Wildman–Crippen LogP) is 4.65. The lowest BCUT2D eigenvalue weighted by atomic mass is 9.95. The first kappa shape index (κ1) is 14.0. The Hall–Kier alpha value is -1.11. The molecule has 0 aliphatic carbocycles. The summed E-state index contributed by atoms with van der Waals surface area (Å²) in [5, 5.41) is 0. The summed E-state index contributed by atoms with van der Waals surface area (Å²) >= 11 is 0. The van der Waals surface area contributed by atoms with Gasteiger partial charge >= 0.3 is 0 Å². The van der Waals surface area contributed by atoms with Gasteiger partial charge in [0.05, 0.1) is 0 Å². The standard InChI is InChI=1S/C16H24O/c1-3-14(4-2)8-5-6-9-15-10-7-11-16(12-15)13-17/h7,10-14H,3-6,8-9H2,1-2H3. The van der Waals surface area contributed by atoms with Gasteiger partial charge in [0.2, 0.25) is 0 Å². The van der Waals surface area contributed by atoms with E-state index in [0.717, 1.165) is 24.2 Å². The average Bonchev–Trinajstić information content (AvgIpc) is 2.39. The molecule has 0 N–H and O–H groups in total. The van der Waals surface area contributed by atoms with Gasteiger partial charge in [-0.25, -0.2) is 0 Å². The van der Waals surface area contributed by atoms with E-state index in [0.29, 0.717) is 0 Å². The van der Waals surface area contributed by atoms with Gasteiger partial charge < -0.3 is 0 Å². The van der Waals surface area contributed by atoms with Gasteiger partial charge in [-0.2, -0.15) is 0 Å². The van der Waals surface area contributed by atoms with Crippen LogP contribution < -0.4 is 0 Å². The molecule has 0 bridgehead atoms. The molecule has 94 valence electrons. The molecular weight excluding hydrogens is 208 g/mol. The van der Waals surface area contributed by atoms with E-state index in [9.17, 15) is 4.79 Å². The Morgan fingerprint density at radius 1 is 1.18 bits per heavy atom. The Bertz CT molecular complexity index is 326. The average molecular weight is 232 g/mol. The highest BCUT2D eigenvalue weighted by Crippen LogP contribution is 2.17. The Labute approximate surface area is 105 Å². The third kappa shape index (κ3) is 5.16. The SMILES string of the molecule is CCC(CC)CCCCc1cccc(C=O)c1. The lowest BCUT2D eigenvalue weighted by Gasteiger charge is -2.11. The number of unbranched alkanes of at least 4 members (excludes halogenated alkanes) is 1. The largest absolute Gasteiger partial charge is 0.298 e. The van der Waals surface area contributed by atoms with E-state index in [1.165, 1.54) is 37.7 Å². The number of hydrogen-bond acceptors (Lipinski definition) is 1. The molecule has 0 radical (unpaired) electrons. The van der Waals surface area contributed by atoms with E-state index < -0.39 is 0 Å². The molecular formula is C16H24O. The Kier molecular flexibility index (Phi) is 6.61. The van der Waals surface area contributed by atoms with Crippen molar-refractivity contribution in [2.45, 2.75) is 52.4 Å². The zero-order chi connectivity index (χ0) is 12.5. The van der Waals surface area contributed by atoms with E-state index in [1.807, 2.05) is 18.2 Å². The van der Waals surface area contributed by atoms with Crippen molar-refractivity contribution in [2.24, 2.45) is 5.92 Å². The van der Waals surface area contributed by atoms with Gasteiger partial charge in [-0.3, -0.25) is 4.79 Å². The first-order valence-electron chi connectivity index (χ1n) is 6.84. The Balaban J connectivity index is 2.28. The van der Waals surface area contributed by atoms with Crippen LogP contribution in [0.1, 0.15) is 61.9 Å². The van der Waals surface area contributed by atoms with Gasteiger partial charge in [0.25, 0.3) is 0 Å². The van der Waals surface area contributed by atoms with Crippen LogP contribution in [0.25, 0.3) is 0 Å². The van der Waals surface area contributed by atoms with Crippen LogP contribution in [-0.2, 0) is 6.42 Å². The van der Waals surface area contributed by atoms with Crippen LogP contribution in [0.5, 0.6) is 0 Å². The molecule has 17 heavy (non-hydrogen) atoms. The molecule has 1 aromatic carbocycles. The number of carbonyl (C=O) groups excluding carboxylic acids is 1. The zero-order valence-electron chi connectivity index (χ0n) is 11.1. The van der Waals surface area contributed by atoms with Crippen LogP contribution in [0, 0.1) is 5.92 Å². The number of aldehydes is 1. The van der Waals surface area contributed by atoms with Crippen LogP contribution in [0.15, 0.2) is 24.3 Å². The third-order valence-electron chi connectivity index (χ3n) is 3.57. The number of benzene rings is 1. The summed E-state index contributed by atoms with van der Waals surface area (Å²) in [6.07, 6.45) is 8.51. The Morgan fingerprint density at radius 3 is 2.59 bits per heavy atom. The van der Waals surface area contributed by atoms with Gasteiger partial charge in [-0.1, -0.05) is 57.7 Å². The molecule has 0 fully saturated rings. The van der Waals surface area contributed by atoms with Crippen LogP contribution in [0.4, 0.5) is 0 Å². The van der Waals surface area contributed by atoms with E-state index >= 15 is 0 Å². The molecule has 0 saturated carbocycles. The van der Waals surface area contributed by atoms with Crippen molar-refractivity contribution >= 4 is 6.29 Å². The molecule has 0 aromatic heterocycles. The molecule has 1 heteroatoms. The van der Waals surface area contributed by atoms with Gasteiger partial charge in [-0.15, -0.1) is 0 Å². The molecule has 0 aliphatic rings. The Morgan fingerprint density at radius 2 is 1.94 bits per heavy atom. The van der Waals surface area contributed by atoms with Crippen molar-refractivity contribution in [1.29, 1.82) is 0 Å². The minimum Gasteiger partial charge on any atom is -0.298 e. The molecule has 0 aliphatic heterocycles. The van der Waals surface area contributed by atoms with Crippen molar-refractivity contribution in [3.8, 4) is 0 Å². The molecule has 1 nitrogen and oxygen atoms in total. The second-order valence-corrected chi connectivity index (χ2v) is 4.79. The molecule has 1 rings (SSSR count). The highest BCUT2D eigenvalue weighted by atomic mass is 16.1. The lowest BCUT2D eigenvalue weighted by Crippen LogP contribution is -1.97. The lowest BCUT2D eigenvalue weighted by molar-refractivity contribution is 0.112. The third-order valence-corrected chi connectivity index (χ3v) is 3.57. The van der Waals surface area contributed by atoms with E-state index in [4.69, 9.17) is 0 Å². The highest BCUT2D eigenvalue weighted by Gasteiger charge is 2.02. The molecule has 0 atom stereocenters. The summed E-state index contributed by atoms with van der Waals surface area (Å²) < 4.78 is 0. The highest BCUT2D eigenvalue weighted by molar-refractivity contribution is 5.74. The number of hydrogen-bond donors (Lipinski definition) is 0. The maximum atomic E-state index is 10.7. The van der Waals surface area contributed by atoms with Crippen molar-refractivity contribution in [2.75, 3.05) is 0 Å². The summed E-state index contributed by atoms with van der Waals surface area (Å²) in [4.78, 5) is 10.7. The summed E-state index contributed by atoms with van der Waals surface area (Å²) in [5.41, 5.74) is 2.08. The monoisotopic (exact) mass is 232 g/mol. The van der Waals surface area contributed by atoms with Crippen molar-refractivity contribution in [1.82, 2.24) is 0 Å². The topological polar surface area (TPSA) is 17.1 Å². The predicted molar refractivity (Wildman–Crippen MR) is 73.5 cm³/mol. The summed E-state index contributed by atoms with van der Waals surface area (Å²) in [6, 6.07) is 7.95. The molecule has 0 amide bonds. The molecule has 0 unspecified atom stereocenters. The summed E-state index contributed by atoms with van der Waals surface area (Å²) in [7, 11) is 0. The first-order valence-corrected chi connectivity index (χ1v) is 6.84. The van der Waals surface area contributed by atoms with Gasteiger partial charge in [0, 0.05) is 5.56 Å². The van der Waals surface area contributed by atoms with E-state index in [1.54, 1.807) is 0 Å². The normalized spacial score (nSPS) is 10.8. The fourth-order valence-corrected chi connectivity index (χ4v) is 2.28. The number of rotatable bonds is 8.